The molecule has 4 nitrogen and oxygen atoms in total. The molecule has 0 aliphatic rings. The van der Waals surface area contributed by atoms with E-state index in [2.05, 4.69) is 11.9 Å². The molecule has 0 heterocycles. The summed E-state index contributed by atoms with van der Waals surface area (Å²) in [5.41, 5.74) is 0. The molecule has 14 heavy (non-hydrogen) atoms. The second-order valence-corrected chi connectivity index (χ2v) is 3.39. The Labute approximate surface area is 85.0 Å². The van der Waals surface area contributed by atoms with E-state index in [0.29, 0.717) is 6.42 Å². The quantitative estimate of drug-likeness (QED) is 0.637. The van der Waals surface area contributed by atoms with Gasteiger partial charge in [-0.1, -0.05) is 26.5 Å². The molecule has 0 aliphatic carbocycles. The highest BCUT2D eigenvalue weighted by atomic mass is 16.5. The molecule has 1 amide bonds. The molecule has 0 aromatic heterocycles. The van der Waals surface area contributed by atoms with Gasteiger partial charge in [-0.25, -0.2) is 4.79 Å². The van der Waals surface area contributed by atoms with Crippen LogP contribution in [0.5, 0.6) is 0 Å². The molecular formula is C10H19NO3. The van der Waals surface area contributed by atoms with Crippen molar-refractivity contribution >= 4 is 6.09 Å². The monoisotopic (exact) mass is 201 g/mol. The Bertz CT molecular complexity index is 180. The number of carbonyl (C=O) groups excluding carboxylic acids is 1. The fourth-order valence-corrected chi connectivity index (χ4v) is 1.04. The van der Waals surface area contributed by atoms with Gasteiger partial charge in [-0.05, 0) is 12.3 Å². The van der Waals surface area contributed by atoms with E-state index in [1.54, 1.807) is 0 Å². The van der Waals surface area contributed by atoms with E-state index in [1.165, 1.54) is 6.08 Å². The average Bonchev–Trinajstić information content (AvgIpc) is 2.14. The van der Waals surface area contributed by atoms with Gasteiger partial charge in [0, 0.05) is 12.6 Å². The number of hydrogen-bond donors (Lipinski definition) is 2. The highest BCUT2D eigenvalue weighted by Gasteiger charge is 2.15. The molecule has 2 N–H and O–H groups in total. The summed E-state index contributed by atoms with van der Waals surface area (Å²) in [5.74, 6) is 0.276. The van der Waals surface area contributed by atoms with Crippen molar-refractivity contribution in [3.63, 3.8) is 0 Å². The molecule has 82 valence electrons. The summed E-state index contributed by atoms with van der Waals surface area (Å²) in [6.07, 6.45) is 1.59. The Morgan fingerprint density at radius 3 is 2.71 bits per heavy atom. The minimum atomic E-state index is -0.461. The van der Waals surface area contributed by atoms with Crippen molar-refractivity contribution in [1.29, 1.82) is 0 Å². The highest BCUT2D eigenvalue weighted by Crippen LogP contribution is 2.05. The van der Waals surface area contributed by atoms with Crippen LogP contribution in [0.25, 0.3) is 0 Å². The van der Waals surface area contributed by atoms with Crippen molar-refractivity contribution in [2.75, 3.05) is 13.2 Å². The maximum atomic E-state index is 11.1. The molecule has 0 aromatic carbocycles. The fourth-order valence-electron chi connectivity index (χ4n) is 1.04. The van der Waals surface area contributed by atoms with Crippen molar-refractivity contribution in [3.8, 4) is 0 Å². The molecule has 0 fully saturated rings. The number of nitrogens with one attached hydrogen (secondary N) is 1. The average molecular weight is 201 g/mol. The van der Waals surface area contributed by atoms with E-state index in [0.717, 1.165) is 0 Å². The molecule has 0 saturated carbocycles. The van der Waals surface area contributed by atoms with Gasteiger partial charge in [0.05, 0.1) is 0 Å². The Balaban J connectivity index is 3.89. The van der Waals surface area contributed by atoms with Crippen LogP contribution in [-0.2, 0) is 4.74 Å². The number of carbonyl (C=O) groups is 1. The molecule has 0 spiro atoms. The molecule has 4 heteroatoms. The first-order chi connectivity index (χ1) is 6.61. The Hall–Kier alpha value is -1.03. The van der Waals surface area contributed by atoms with Gasteiger partial charge in [-0.15, -0.1) is 0 Å². The molecule has 0 aromatic rings. The van der Waals surface area contributed by atoms with Crippen molar-refractivity contribution in [2.45, 2.75) is 26.3 Å². The fraction of sp³-hybridized carbons (Fsp3) is 0.700. The number of amides is 1. The third kappa shape index (κ3) is 5.59. The number of rotatable bonds is 6. The van der Waals surface area contributed by atoms with Crippen LogP contribution in [0, 0.1) is 5.92 Å². The normalized spacial score (nSPS) is 12.3. The van der Waals surface area contributed by atoms with Gasteiger partial charge >= 0.3 is 6.09 Å². The Kier molecular flexibility index (Phi) is 6.84. The zero-order valence-electron chi connectivity index (χ0n) is 8.82. The third-order valence-electron chi connectivity index (χ3n) is 1.88. The van der Waals surface area contributed by atoms with Crippen LogP contribution in [0.1, 0.15) is 20.3 Å². The summed E-state index contributed by atoms with van der Waals surface area (Å²) < 4.78 is 4.77. The van der Waals surface area contributed by atoms with Crippen LogP contribution >= 0.6 is 0 Å². The molecular weight excluding hydrogens is 182 g/mol. The van der Waals surface area contributed by atoms with Crippen LogP contribution in [-0.4, -0.2) is 30.5 Å². The van der Waals surface area contributed by atoms with Gasteiger partial charge < -0.3 is 15.2 Å². The first kappa shape index (κ1) is 13.0. The van der Waals surface area contributed by atoms with Gasteiger partial charge in [-0.2, -0.15) is 0 Å². The van der Waals surface area contributed by atoms with Gasteiger partial charge in [-0.3, -0.25) is 0 Å². The lowest BCUT2D eigenvalue weighted by Crippen LogP contribution is -2.39. The van der Waals surface area contributed by atoms with Crippen LogP contribution in [0.15, 0.2) is 12.7 Å². The maximum Gasteiger partial charge on any atom is 0.407 e. The predicted octanol–water partition coefficient (Wildman–Crippen LogP) is 1.31. The highest BCUT2D eigenvalue weighted by molar-refractivity contribution is 5.67. The SMILES string of the molecule is C=CCOC(=O)NC(CCO)C(C)C. The topological polar surface area (TPSA) is 58.6 Å². The summed E-state index contributed by atoms with van der Waals surface area (Å²) in [7, 11) is 0. The first-order valence-corrected chi connectivity index (χ1v) is 4.76. The molecule has 0 rings (SSSR count). The zero-order chi connectivity index (χ0) is 11.0. The van der Waals surface area contributed by atoms with Crippen LogP contribution in [0.2, 0.25) is 0 Å². The summed E-state index contributed by atoms with van der Waals surface area (Å²) >= 11 is 0. The van der Waals surface area contributed by atoms with E-state index >= 15 is 0 Å². The second kappa shape index (κ2) is 7.38. The minimum Gasteiger partial charge on any atom is -0.445 e. The maximum absolute atomic E-state index is 11.1. The molecule has 0 aliphatic heterocycles. The van der Waals surface area contributed by atoms with Crippen molar-refractivity contribution in [3.05, 3.63) is 12.7 Å². The van der Waals surface area contributed by atoms with E-state index in [9.17, 15) is 4.79 Å². The summed E-state index contributed by atoms with van der Waals surface area (Å²) in [4.78, 5) is 11.1. The van der Waals surface area contributed by atoms with E-state index < -0.39 is 6.09 Å². The molecule has 0 saturated heterocycles. The van der Waals surface area contributed by atoms with Crippen LogP contribution in [0.4, 0.5) is 4.79 Å². The Morgan fingerprint density at radius 2 is 2.29 bits per heavy atom. The van der Waals surface area contributed by atoms with Crippen molar-refractivity contribution < 1.29 is 14.6 Å². The van der Waals surface area contributed by atoms with Gasteiger partial charge in [0.1, 0.15) is 6.61 Å². The Morgan fingerprint density at radius 1 is 1.64 bits per heavy atom. The van der Waals surface area contributed by atoms with Gasteiger partial charge in [0.15, 0.2) is 0 Å². The van der Waals surface area contributed by atoms with Crippen LogP contribution in [0.3, 0.4) is 0 Å². The van der Waals surface area contributed by atoms with Crippen molar-refractivity contribution in [2.24, 2.45) is 5.92 Å². The second-order valence-electron chi connectivity index (χ2n) is 3.39. The number of hydrogen-bond acceptors (Lipinski definition) is 3. The van der Waals surface area contributed by atoms with E-state index in [4.69, 9.17) is 9.84 Å². The molecule has 1 atom stereocenters. The van der Waals surface area contributed by atoms with E-state index in [-0.39, 0.29) is 25.2 Å². The lowest BCUT2D eigenvalue weighted by atomic mass is 10.0. The summed E-state index contributed by atoms with van der Waals surface area (Å²) in [5, 5.41) is 11.4. The largest absolute Gasteiger partial charge is 0.445 e. The van der Waals surface area contributed by atoms with E-state index in [1.807, 2.05) is 13.8 Å². The smallest absolute Gasteiger partial charge is 0.407 e. The number of alkyl carbamates (subject to hydrolysis) is 1. The lowest BCUT2D eigenvalue weighted by Gasteiger charge is -2.20. The minimum absolute atomic E-state index is 0.0442. The van der Waals surface area contributed by atoms with Gasteiger partial charge in [0.25, 0.3) is 0 Å². The first-order valence-electron chi connectivity index (χ1n) is 4.76. The number of aliphatic hydroxyl groups excluding tert-OH is 1. The molecule has 1 unspecified atom stereocenters. The molecule has 0 bridgehead atoms. The third-order valence-corrected chi connectivity index (χ3v) is 1.88. The predicted molar refractivity (Wildman–Crippen MR) is 55.0 cm³/mol. The summed E-state index contributed by atoms with van der Waals surface area (Å²) in [6, 6.07) is -0.0442. The van der Waals surface area contributed by atoms with Crippen molar-refractivity contribution in [1.82, 2.24) is 5.32 Å². The molecule has 0 radical (unpaired) electrons. The lowest BCUT2D eigenvalue weighted by molar-refractivity contribution is 0.146. The van der Waals surface area contributed by atoms with Gasteiger partial charge in [0.2, 0.25) is 0 Å². The standard InChI is InChI=1S/C10H19NO3/c1-4-7-14-10(13)11-9(5-6-12)8(2)3/h4,8-9,12H,1,5-7H2,2-3H3,(H,11,13). The number of ether oxygens (including phenoxy) is 1. The number of aliphatic hydroxyl groups is 1. The summed E-state index contributed by atoms with van der Waals surface area (Å²) in [6.45, 7) is 7.66. The zero-order valence-corrected chi connectivity index (χ0v) is 8.82. The van der Waals surface area contributed by atoms with Crippen LogP contribution < -0.4 is 5.32 Å².